The van der Waals surface area contributed by atoms with E-state index in [-0.39, 0.29) is 5.41 Å². The van der Waals surface area contributed by atoms with Crippen LogP contribution in [-0.4, -0.2) is 60.1 Å². The van der Waals surface area contributed by atoms with E-state index in [2.05, 4.69) is 28.8 Å². The SMILES string of the molecule is CC(C)CN1CCN(CCCCC(C)(C)C(N)=NO)CC1. The van der Waals surface area contributed by atoms with E-state index in [4.69, 9.17) is 10.9 Å². The molecule has 1 saturated heterocycles. The number of nitrogens with zero attached hydrogens (tertiary/aromatic N) is 3. The molecule has 0 spiro atoms. The fraction of sp³-hybridized carbons (Fsp3) is 0.938. The highest BCUT2D eigenvalue weighted by atomic mass is 16.4. The van der Waals surface area contributed by atoms with Gasteiger partial charge in [-0.2, -0.15) is 0 Å². The highest BCUT2D eigenvalue weighted by molar-refractivity contribution is 5.85. The van der Waals surface area contributed by atoms with Crippen LogP contribution in [0, 0.1) is 11.3 Å². The summed E-state index contributed by atoms with van der Waals surface area (Å²) < 4.78 is 0. The summed E-state index contributed by atoms with van der Waals surface area (Å²) in [6.45, 7) is 15.8. The number of piperazine rings is 1. The third-order valence-corrected chi connectivity index (χ3v) is 4.42. The predicted molar refractivity (Wildman–Crippen MR) is 88.8 cm³/mol. The van der Waals surface area contributed by atoms with Gasteiger partial charge in [-0.1, -0.05) is 39.3 Å². The molecular weight excluding hydrogens is 264 g/mol. The number of rotatable bonds is 8. The molecular formula is C16H34N4O. The highest BCUT2D eigenvalue weighted by Gasteiger charge is 2.23. The Morgan fingerprint density at radius 2 is 1.71 bits per heavy atom. The van der Waals surface area contributed by atoms with Crippen LogP contribution in [0.3, 0.4) is 0 Å². The fourth-order valence-corrected chi connectivity index (χ4v) is 2.88. The number of nitrogens with two attached hydrogens (primary N) is 1. The van der Waals surface area contributed by atoms with Crippen molar-refractivity contribution in [3.05, 3.63) is 0 Å². The van der Waals surface area contributed by atoms with Gasteiger partial charge in [0.2, 0.25) is 0 Å². The first kappa shape index (κ1) is 18.2. The lowest BCUT2D eigenvalue weighted by molar-refractivity contribution is 0.120. The minimum absolute atomic E-state index is 0.204. The summed E-state index contributed by atoms with van der Waals surface area (Å²) in [6, 6.07) is 0. The van der Waals surface area contributed by atoms with Crippen molar-refractivity contribution >= 4 is 5.84 Å². The quantitative estimate of drug-likeness (QED) is 0.237. The zero-order chi connectivity index (χ0) is 15.9. The molecule has 1 aliphatic rings. The van der Waals surface area contributed by atoms with E-state index in [1.807, 2.05) is 13.8 Å². The number of hydrogen-bond donors (Lipinski definition) is 2. The summed E-state index contributed by atoms with van der Waals surface area (Å²) in [5.41, 5.74) is 5.51. The molecule has 0 bridgehead atoms. The predicted octanol–water partition coefficient (Wildman–Crippen LogP) is 2.20. The van der Waals surface area contributed by atoms with Crippen molar-refractivity contribution in [2.24, 2.45) is 22.2 Å². The van der Waals surface area contributed by atoms with Crippen LogP contribution in [0.5, 0.6) is 0 Å². The summed E-state index contributed by atoms with van der Waals surface area (Å²) in [4.78, 5) is 5.13. The normalized spacial score (nSPS) is 19.4. The molecule has 0 amide bonds. The molecule has 0 atom stereocenters. The Bertz CT molecular complexity index is 320. The topological polar surface area (TPSA) is 65.1 Å². The van der Waals surface area contributed by atoms with E-state index in [0.717, 1.165) is 18.8 Å². The van der Waals surface area contributed by atoms with E-state index in [9.17, 15) is 0 Å². The van der Waals surface area contributed by atoms with Gasteiger partial charge < -0.3 is 20.7 Å². The maximum absolute atomic E-state index is 8.77. The van der Waals surface area contributed by atoms with E-state index in [1.165, 1.54) is 45.7 Å². The summed E-state index contributed by atoms with van der Waals surface area (Å²) in [5.74, 6) is 1.10. The van der Waals surface area contributed by atoms with Gasteiger partial charge >= 0.3 is 0 Å². The first-order valence-electron chi connectivity index (χ1n) is 8.28. The second-order valence-corrected chi connectivity index (χ2v) is 7.36. The van der Waals surface area contributed by atoms with Gasteiger partial charge in [-0.15, -0.1) is 0 Å². The lowest BCUT2D eigenvalue weighted by atomic mass is 9.86. The molecule has 1 rings (SSSR count). The molecule has 0 aromatic carbocycles. The number of hydrogen-bond acceptors (Lipinski definition) is 4. The van der Waals surface area contributed by atoms with Gasteiger partial charge in [0.15, 0.2) is 0 Å². The van der Waals surface area contributed by atoms with Crippen LogP contribution in [0.1, 0.15) is 47.0 Å². The van der Waals surface area contributed by atoms with E-state index in [1.54, 1.807) is 0 Å². The minimum Gasteiger partial charge on any atom is -0.409 e. The molecule has 0 radical (unpaired) electrons. The first-order valence-corrected chi connectivity index (χ1v) is 8.28. The zero-order valence-corrected chi connectivity index (χ0v) is 14.3. The maximum Gasteiger partial charge on any atom is 0.144 e. The van der Waals surface area contributed by atoms with Crippen molar-refractivity contribution in [1.82, 2.24) is 9.80 Å². The number of oxime groups is 1. The van der Waals surface area contributed by atoms with Crippen LogP contribution in [0.15, 0.2) is 5.16 Å². The van der Waals surface area contributed by atoms with Crippen molar-refractivity contribution in [1.29, 1.82) is 0 Å². The molecule has 124 valence electrons. The van der Waals surface area contributed by atoms with Crippen molar-refractivity contribution in [3.63, 3.8) is 0 Å². The molecule has 1 heterocycles. The van der Waals surface area contributed by atoms with Crippen LogP contribution >= 0.6 is 0 Å². The van der Waals surface area contributed by atoms with Gasteiger partial charge in [0, 0.05) is 38.1 Å². The third-order valence-electron chi connectivity index (χ3n) is 4.42. The monoisotopic (exact) mass is 298 g/mol. The Kier molecular flexibility index (Phi) is 7.46. The van der Waals surface area contributed by atoms with E-state index < -0.39 is 0 Å². The van der Waals surface area contributed by atoms with Gasteiger partial charge in [0.25, 0.3) is 0 Å². The van der Waals surface area contributed by atoms with Crippen LogP contribution in [0.4, 0.5) is 0 Å². The van der Waals surface area contributed by atoms with Crippen LogP contribution in [0.25, 0.3) is 0 Å². The molecule has 5 nitrogen and oxygen atoms in total. The van der Waals surface area contributed by atoms with E-state index >= 15 is 0 Å². The maximum atomic E-state index is 8.77. The second-order valence-electron chi connectivity index (χ2n) is 7.36. The Hall–Kier alpha value is -0.810. The van der Waals surface area contributed by atoms with Gasteiger partial charge in [0.1, 0.15) is 5.84 Å². The van der Waals surface area contributed by atoms with Gasteiger partial charge in [-0.25, -0.2) is 0 Å². The molecule has 3 N–H and O–H groups in total. The number of unbranched alkanes of at least 4 members (excludes halogenated alkanes) is 1. The van der Waals surface area contributed by atoms with Gasteiger partial charge in [-0.3, -0.25) is 0 Å². The van der Waals surface area contributed by atoms with Crippen molar-refractivity contribution in [2.45, 2.75) is 47.0 Å². The summed E-state index contributed by atoms with van der Waals surface area (Å²) in [6.07, 6.45) is 3.28. The Labute approximate surface area is 130 Å². The third kappa shape index (κ3) is 6.66. The molecule has 5 heteroatoms. The Balaban J connectivity index is 2.15. The average molecular weight is 298 g/mol. The summed E-state index contributed by atoms with van der Waals surface area (Å²) in [5, 5.41) is 11.9. The van der Waals surface area contributed by atoms with Crippen LogP contribution in [0.2, 0.25) is 0 Å². The zero-order valence-electron chi connectivity index (χ0n) is 14.3. The molecule has 21 heavy (non-hydrogen) atoms. The first-order chi connectivity index (χ1) is 9.85. The largest absolute Gasteiger partial charge is 0.409 e. The minimum atomic E-state index is -0.204. The molecule has 0 unspecified atom stereocenters. The van der Waals surface area contributed by atoms with Crippen molar-refractivity contribution < 1.29 is 5.21 Å². The van der Waals surface area contributed by atoms with Crippen molar-refractivity contribution in [2.75, 3.05) is 39.3 Å². The summed E-state index contributed by atoms with van der Waals surface area (Å²) in [7, 11) is 0. The summed E-state index contributed by atoms with van der Waals surface area (Å²) >= 11 is 0. The standard InChI is InChI=1S/C16H34N4O/c1-14(2)13-20-11-9-19(10-12-20)8-6-5-7-16(3,4)15(17)18-21/h14,21H,5-13H2,1-4H3,(H2,17,18). The average Bonchev–Trinajstić information content (AvgIpc) is 2.43. The molecule has 1 fully saturated rings. The Morgan fingerprint density at radius 1 is 1.14 bits per heavy atom. The molecule has 0 aromatic heterocycles. The molecule has 0 aliphatic carbocycles. The lowest BCUT2D eigenvalue weighted by Gasteiger charge is -2.35. The molecule has 0 saturated carbocycles. The second kappa shape index (κ2) is 8.59. The Morgan fingerprint density at radius 3 is 2.24 bits per heavy atom. The van der Waals surface area contributed by atoms with Crippen molar-refractivity contribution in [3.8, 4) is 0 Å². The number of amidine groups is 1. The highest BCUT2D eigenvalue weighted by Crippen LogP contribution is 2.23. The van der Waals surface area contributed by atoms with Gasteiger partial charge in [-0.05, 0) is 25.3 Å². The fourth-order valence-electron chi connectivity index (χ4n) is 2.88. The van der Waals surface area contributed by atoms with Crippen LogP contribution in [-0.2, 0) is 0 Å². The lowest BCUT2D eigenvalue weighted by Crippen LogP contribution is -2.47. The smallest absolute Gasteiger partial charge is 0.144 e. The molecule has 0 aromatic rings. The van der Waals surface area contributed by atoms with Gasteiger partial charge in [0.05, 0.1) is 0 Å². The molecule has 1 aliphatic heterocycles. The van der Waals surface area contributed by atoms with E-state index in [0.29, 0.717) is 5.84 Å². The van der Waals surface area contributed by atoms with Crippen LogP contribution < -0.4 is 5.73 Å².